The standard InChI is InChI=1S/C21H15F4N3O2S/c1-11-18(19(29)26-15-9-13(21(23,24)25)5-8-17(15)30-2)31-20-27-16(10-28(11)20)12-3-6-14(22)7-4-12/h3-10H,1-2H3,(H,26,29). The molecule has 2 aromatic heterocycles. The minimum absolute atomic E-state index is 0.0835. The summed E-state index contributed by atoms with van der Waals surface area (Å²) in [4.78, 5) is 18.1. The predicted molar refractivity (Wildman–Crippen MR) is 109 cm³/mol. The number of rotatable bonds is 4. The number of alkyl halides is 3. The van der Waals surface area contributed by atoms with Gasteiger partial charge in [-0.25, -0.2) is 9.37 Å². The molecule has 0 spiro atoms. The van der Waals surface area contributed by atoms with Crippen LogP contribution in [-0.4, -0.2) is 22.4 Å². The Morgan fingerprint density at radius 1 is 1.16 bits per heavy atom. The second-order valence-electron chi connectivity index (χ2n) is 6.67. The second-order valence-corrected chi connectivity index (χ2v) is 7.65. The molecule has 0 unspecified atom stereocenters. The van der Waals surface area contributed by atoms with Crippen LogP contribution in [0.5, 0.6) is 5.75 Å². The highest BCUT2D eigenvalue weighted by atomic mass is 32.1. The zero-order chi connectivity index (χ0) is 22.3. The Balaban J connectivity index is 1.65. The normalized spacial score (nSPS) is 11.7. The molecule has 0 radical (unpaired) electrons. The van der Waals surface area contributed by atoms with Crippen LogP contribution < -0.4 is 10.1 Å². The summed E-state index contributed by atoms with van der Waals surface area (Å²) in [6.45, 7) is 1.71. The molecule has 0 saturated heterocycles. The summed E-state index contributed by atoms with van der Waals surface area (Å²) in [6, 6.07) is 8.73. The number of halogens is 4. The zero-order valence-electron chi connectivity index (χ0n) is 16.2. The molecule has 1 amide bonds. The Labute approximate surface area is 177 Å². The number of hydrogen-bond acceptors (Lipinski definition) is 4. The summed E-state index contributed by atoms with van der Waals surface area (Å²) in [7, 11) is 1.31. The highest BCUT2D eigenvalue weighted by Gasteiger charge is 2.31. The van der Waals surface area contributed by atoms with E-state index in [9.17, 15) is 22.4 Å². The molecule has 4 rings (SSSR count). The van der Waals surface area contributed by atoms with Crippen LogP contribution in [0.4, 0.5) is 23.2 Å². The van der Waals surface area contributed by atoms with Crippen molar-refractivity contribution < 1.29 is 27.1 Å². The Morgan fingerprint density at radius 3 is 2.48 bits per heavy atom. The first-order chi connectivity index (χ1) is 14.7. The minimum Gasteiger partial charge on any atom is -0.495 e. The lowest BCUT2D eigenvalue weighted by Gasteiger charge is -2.13. The number of nitrogens with zero attached hydrogens (tertiary/aromatic N) is 2. The van der Waals surface area contributed by atoms with E-state index in [2.05, 4.69) is 10.3 Å². The van der Waals surface area contributed by atoms with Crippen LogP contribution in [0, 0.1) is 12.7 Å². The number of methoxy groups -OCH3 is 1. The lowest BCUT2D eigenvalue weighted by Crippen LogP contribution is -2.14. The van der Waals surface area contributed by atoms with Crippen molar-refractivity contribution in [3.63, 3.8) is 0 Å². The molecule has 0 aliphatic carbocycles. The van der Waals surface area contributed by atoms with E-state index < -0.39 is 17.6 Å². The van der Waals surface area contributed by atoms with Crippen molar-refractivity contribution in [2.24, 2.45) is 0 Å². The first-order valence-electron chi connectivity index (χ1n) is 8.98. The molecule has 2 aromatic carbocycles. The number of hydrogen-bond donors (Lipinski definition) is 1. The van der Waals surface area contributed by atoms with E-state index in [1.54, 1.807) is 29.7 Å². The third kappa shape index (κ3) is 3.98. The van der Waals surface area contributed by atoms with Gasteiger partial charge in [-0.15, -0.1) is 0 Å². The van der Waals surface area contributed by atoms with E-state index in [1.807, 2.05) is 0 Å². The van der Waals surface area contributed by atoms with Crippen LogP contribution >= 0.6 is 11.3 Å². The SMILES string of the molecule is COc1ccc(C(F)(F)F)cc1NC(=O)c1sc2nc(-c3ccc(F)cc3)cn2c1C. The molecule has 0 atom stereocenters. The van der Waals surface area contributed by atoms with E-state index in [4.69, 9.17) is 4.74 Å². The molecule has 0 saturated carbocycles. The average Bonchev–Trinajstić information content (AvgIpc) is 3.27. The number of carbonyl (C=O) groups is 1. The Morgan fingerprint density at radius 2 is 1.87 bits per heavy atom. The number of aromatic nitrogens is 2. The molecule has 2 heterocycles. The summed E-state index contributed by atoms with van der Waals surface area (Å²) < 4.78 is 59.0. The minimum atomic E-state index is -4.55. The van der Waals surface area contributed by atoms with Gasteiger partial charge in [-0.1, -0.05) is 11.3 Å². The average molecular weight is 449 g/mol. The monoisotopic (exact) mass is 449 g/mol. The van der Waals surface area contributed by atoms with Crippen LogP contribution in [-0.2, 0) is 6.18 Å². The largest absolute Gasteiger partial charge is 0.495 e. The summed E-state index contributed by atoms with van der Waals surface area (Å²) in [5.74, 6) is -0.821. The number of fused-ring (bicyclic) bond motifs is 1. The van der Waals surface area contributed by atoms with Gasteiger partial charge in [0.2, 0.25) is 0 Å². The number of anilines is 1. The number of nitrogens with one attached hydrogen (secondary N) is 1. The Kier molecular flexibility index (Phi) is 5.18. The highest BCUT2D eigenvalue weighted by Crippen LogP contribution is 2.36. The molecule has 5 nitrogen and oxygen atoms in total. The van der Waals surface area contributed by atoms with E-state index in [0.29, 0.717) is 21.2 Å². The van der Waals surface area contributed by atoms with Gasteiger partial charge in [0, 0.05) is 17.5 Å². The second kappa shape index (κ2) is 7.69. The lowest BCUT2D eigenvalue weighted by molar-refractivity contribution is -0.137. The van der Waals surface area contributed by atoms with Gasteiger partial charge in [-0.3, -0.25) is 9.20 Å². The van der Waals surface area contributed by atoms with Crippen molar-refractivity contribution in [2.75, 3.05) is 12.4 Å². The van der Waals surface area contributed by atoms with E-state index in [-0.39, 0.29) is 17.3 Å². The maximum atomic E-state index is 13.1. The molecular weight excluding hydrogens is 434 g/mol. The Hall–Kier alpha value is -3.40. The number of carbonyl (C=O) groups excluding carboxylic acids is 1. The predicted octanol–water partition coefficient (Wildman–Crippen LogP) is 5.79. The van der Waals surface area contributed by atoms with Gasteiger partial charge in [0.1, 0.15) is 16.4 Å². The van der Waals surface area contributed by atoms with Crippen LogP contribution in [0.1, 0.15) is 20.9 Å². The number of aryl methyl sites for hydroxylation is 1. The lowest BCUT2D eigenvalue weighted by atomic mass is 10.1. The van der Waals surface area contributed by atoms with Crippen molar-refractivity contribution >= 4 is 27.9 Å². The van der Waals surface area contributed by atoms with Crippen LogP contribution in [0.15, 0.2) is 48.7 Å². The van der Waals surface area contributed by atoms with Gasteiger partial charge < -0.3 is 10.1 Å². The molecule has 10 heteroatoms. The maximum absolute atomic E-state index is 13.1. The van der Waals surface area contributed by atoms with E-state index in [1.165, 1.54) is 19.2 Å². The number of amides is 1. The maximum Gasteiger partial charge on any atom is 0.416 e. The van der Waals surface area contributed by atoms with Gasteiger partial charge in [0.25, 0.3) is 5.91 Å². The molecule has 160 valence electrons. The van der Waals surface area contributed by atoms with Gasteiger partial charge in [0.15, 0.2) is 4.96 Å². The number of thiazole rings is 1. The molecule has 4 aromatic rings. The third-order valence-corrected chi connectivity index (χ3v) is 5.83. The molecule has 31 heavy (non-hydrogen) atoms. The smallest absolute Gasteiger partial charge is 0.416 e. The first-order valence-corrected chi connectivity index (χ1v) is 9.80. The number of benzene rings is 2. The summed E-state index contributed by atoms with van der Waals surface area (Å²) in [6.07, 6.45) is -2.84. The fourth-order valence-corrected chi connectivity index (χ4v) is 4.09. The van der Waals surface area contributed by atoms with Gasteiger partial charge in [-0.05, 0) is 49.4 Å². The van der Waals surface area contributed by atoms with Crippen LogP contribution in [0.2, 0.25) is 0 Å². The highest BCUT2D eigenvalue weighted by molar-refractivity contribution is 7.19. The van der Waals surface area contributed by atoms with Crippen LogP contribution in [0.3, 0.4) is 0 Å². The van der Waals surface area contributed by atoms with E-state index in [0.717, 1.165) is 35.1 Å². The fraction of sp³-hybridized carbons (Fsp3) is 0.143. The molecular formula is C21H15F4N3O2S. The number of ether oxygens (including phenoxy) is 1. The van der Waals surface area contributed by atoms with Crippen molar-refractivity contribution in [3.05, 3.63) is 70.6 Å². The van der Waals surface area contributed by atoms with E-state index >= 15 is 0 Å². The van der Waals surface area contributed by atoms with Crippen molar-refractivity contribution in [3.8, 4) is 17.0 Å². The summed E-state index contributed by atoms with van der Waals surface area (Å²) >= 11 is 1.10. The first kappa shape index (κ1) is 20.9. The van der Waals surface area contributed by atoms with Crippen molar-refractivity contribution in [1.29, 1.82) is 0 Å². The summed E-state index contributed by atoms with van der Waals surface area (Å²) in [5.41, 5.74) is 0.923. The zero-order valence-corrected chi connectivity index (χ0v) is 17.1. The molecule has 0 aliphatic rings. The summed E-state index contributed by atoms with van der Waals surface area (Å²) in [5, 5.41) is 2.50. The molecule has 1 N–H and O–H groups in total. The molecule has 0 aliphatic heterocycles. The quantitative estimate of drug-likeness (QED) is 0.401. The fourth-order valence-electron chi connectivity index (χ4n) is 3.08. The van der Waals surface area contributed by atoms with Crippen molar-refractivity contribution in [2.45, 2.75) is 13.1 Å². The third-order valence-electron chi connectivity index (χ3n) is 4.68. The van der Waals surface area contributed by atoms with Crippen molar-refractivity contribution in [1.82, 2.24) is 9.38 Å². The molecule has 0 bridgehead atoms. The number of imidazole rings is 1. The van der Waals surface area contributed by atoms with Gasteiger partial charge >= 0.3 is 6.18 Å². The van der Waals surface area contributed by atoms with Gasteiger partial charge in [0.05, 0.1) is 24.1 Å². The van der Waals surface area contributed by atoms with Crippen LogP contribution in [0.25, 0.3) is 16.2 Å². The molecule has 0 fully saturated rings. The van der Waals surface area contributed by atoms with Gasteiger partial charge in [-0.2, -0.15) is 13.2 Å². The topological polar surface area (TPSA) is 55.6 Å². The Bertz CT molecular complexity index is 1280.